The zero-order chi connectivity index (χ0) is 17.0. The van der Waals surface area contributed by atoms with E-state index in [1.54, 1.807) is 7.11 Å². The van der Waals surface area contributed by atoms with Gasteiger partial charge in [0.05, 0.1) is 25.4 Å². The van der Waals surface area contributed by atoms with Gasteiger partial charge in [-0.05, 0) is 19.9 Å². The predicted octanol–water partition coefficient (Wildman–Crippen LogP) is -2.21. The minimum absolute atomic E-state index is 0.0142. The summed E-state index contributed by atoms with van der Waals surface area (Å²) in [7, 11) is 3.41. The fourth-order valence-corrected chi connectivity index (χ4v) is 4.37. The van der Waals surface area contributed by atoms with Crippen LogP contribution in [0.25, 0.3) is 0 Å². The van der Waals surface area contributed by atoms with E-state index in [4.69, 9.17) is 18.7 Å². The van der Waals surface area contributed by atoms with E-state index in [-0.39, 0.29) is 42.9 Å². The van der Waals surface area contributed by atoms with E-state index < -0.39 is 7.75 Å². The van der Waals surface area contributed by atoms with Crippen molar-refractivity contribution in [1.82, 2.24) is 10.4 Å². The molecule has 0 aromatic rings. The highest BCUT2D eigenvalue weighted by atomic mass is 31.2. The first-order valence-corrected chi connectivity index (χ1v) is 9.64. The summed E-state index contributed by atoms with van der Waals surface area (Å²) in [6, 6.07) is -0.0204. The summed E-state index contributed by atoms with van der Waals surface area (Å²) in [5.41, 5.74) is 0. The van der Waals surface area contributed by atoms with Gasteiger partial charge in [0.15, 0.2) is 0 Å². The number of methoxy groups -OCH3 is 1. The molecule has 3 N–H and O–H groups in total. The van der Waals surface area contributed by atoms with E-state index in [2.05, 4.69) is 10.4 Å². The Labute approximate surface area is 139 Å². The molecule has 23 heavy (non-hydrogen) atoms. The fourth-order valence-electron chi connectivity index (χ4n) is 3.25. The molecule has 132 valence electrons. The summed E-state index contributed by atoms with van der Waals surface area (Å²) in [5, 5.41) is 5.85. The van der Waals surface area contributed by atoms with Crippen LogP contribution >= 0.6 is 7.75 Å². The molecule has 0 radical (unpaired) electrons. The Morgan fingerprint density at radius 2 is 1.74 bits per heavy atom. The molecule has 2 fully saturated rings. The first-order valence-electron chi connectivity index (χ1n) is 8.07. The molecule has 2 heterocycles. The van der Waals surface area contributed by atoms with Crippen LogP contribution in [0.2, 0.25) is 0 Å². The lowest BCUT2D eigenvalue weighted by Crippen LogP contribution is -2.39. The van der Waals surface area contributed by atoms with Gasteiger partial charge in [0.1, 0.15) is 15.7 Å². The largest absolute Gasteiger partial charge is 0.403 e. The SMILES string of the molecule is B[C@H]1C[C@H](NC)[C@@H](COP(=O)(O)N[C@H]2C[C@H](B)O[C@@H]2COC)O1. The Morgan fingerprint density at radius 1 is 1.17 bits per heavy atom. The standard InChI is InChI=1S/C12H27B2N2O6P/c1-15-7-3-11(13)22-10(7)6-20-23(17,18)16-8-4-12(14)21-9(8)5-19-2/h7-12,15H,3-6,13-14H2,1-2H3,(H2,16,17,18)/t7-,8-,9+,10+,11+,12+/m0/s1. The van der Waals surface area contributed by atoms with Gasteiger partial charge >= 0.3 is 7.75 Å². The van der Waals surface area contributed by atoms with Crippen molar-refractivity contribution >= 4 is 23.4 Å². The van der Waals surface area contributed by atoms with Crippen molar-refractivity contribution < 1.29 is 28.2 Å². The van der Waals surface area contributed by atoms with Gasteiger partial charge in [0.2, 0.25) is 0 Å². The van der Waals surface area contributed by atoms with Crippen LogP contribution in [0.15, 0.2) is 0 Å². The van der Waals surface area contributed by atoms with E-state index in [0.717, 1.165) is 6.42 Å². The summed E-state index contributed by atoms with van der Waals surface area (Å²) in [6.45, 7) is 0.432. The molecule has 2 rings (SSSR count). The molecule has 11 heteroatoms. The molecule has 7 atom stereocenters. The Morgan fingerprint density at radius 3 is 2.30 bits per heavy atom. The molecule has 2 aliphatic rings. The highest BCUT2D eigenvalue weighted by Gasteiger charge is 2.39. The van der Waals surface area contributed by atoms with Crippen LogP contribution < -0.4 is 10.4 Å². The first kappa shape index (κ1) is 19.4. The summed E-state index contributed by atoms with van der Waals surface area (Å²) < 4.78 is 34.1. The topological polar surface area (TPSA) is 98.3 Å². The summed E-state index contributed by atoms with van der Waals surface area (Å²) in [5.74, 6) is 0. The highest BCUT2D eigenvalue weighted by Crippen LogP contribution is 2.40. The third-order valence-electron chi connectivity index (χ3n) is 4.33. The molecule has 2 saturated heterocycles. The maximum Gasteiger partial charge on any atom is 0.403 e. The van der Waals surface area contributed by atoms with Crippen molar-refractivity contribution in [2.75, 3.05) is 27.4 Å². The number of rotatable bonds is 8. The molecule has 0 aromatic heterocycles. The van der Waals surface area contributed by atoms with E-state index >= 15 is 0 Å². The third-order valence-corrected chi connectivity index (χ3v) is 5.48. The van der Waals surface area contributed by atoms with Crippen LogP contribution in [0.1, 0.15) is 12.8 Å². The van der Waals surface area contributed by atoms with E-state index in [0.29, 0.717) is 13.0 Å². The van der Waals surface area contributed by atoms with Crippen LogP contribution in [-0.4, -0.2) is 84.3 Å². The average molecular weight is 348 g/mol. The lowest BCUT2D eigenvalue weighted by Gasteiger charge is -2.24. The average Bonchev–Trinajstić information content (AvgIpc) is 2.99. The van der Waals surface area contributed by atoms with E-state index in [1.807, 2.05) is 22.7 Å². The molecule has 0 amide bonds. The van der Waals surface area contributed by atoms with Crippen LogP contribution in [0.3, 0.4) is 0 Å². The molecule has 0 saturated carbocycles. The lowest BCUT2D eigenvalue weighted by atomic mass is 9.95. The molecule has 2 aliphatic heterocycles. The second-order valence-electron chi connectivity index (χ2n) is 6.34. The molecular formula is C12H27B2N2O6P. The van der Waals surface area contributed by atoms with Gasteiger partial charge < -0.3 is 24.4 Å². The molecule has 0 aliphatic carbocycles. The third kappa shape index (κ3) is 5.54. The van der Waals surface area contributed by atoms with E-state index in [9.17, 15) is 9.46 Å². The zero-order valence-corrected chi connectivity index (χ0v) is 15.1. The van der Waals surface area contributed by atoms with Crippen LogP contribution in [-0.2, 0) is 23.3 Å². The molecule has 0 bridgehead atoms. The van der Waals surface area contributed by atoms with Crippen molar-refractivity contribution in [2.45, 2.75) is 49.1 Å². The molecule has 0 spiro atoms. The number of likely N-dealkylation sites (N-methyl/N-ethyl adjacent to an activating group) is 1. The predicted molar refractivity (Wildman–Crippen MR) is 91.1 cm³/mol. The van der Waals surface area contributed by atoms with Gasteiger partial charge in [-0.1, -0.05) is 0 Å². The number of nitrogens with one attached hydrogen (secondary N) is 2. The van der Waals surface area contributed by atoms with Crippen molar-refractivity contribution in [2.24, 2.45) is 0 Å². The van der Waals surface area contributed by atoms with Crippen LogP contribution in [0.4, 0.5) is 0 Å². The summed E-state index contributed by atoms with van der Waals surface area (Å²) in [6.07, 6.45) is 1.01. The fraction of sp³-hybridized carbons (Fsp3) is 1.00. The van der Waals surface area contributed by atoms with Gasteiger partial charge in [-0.2, -0.15) is 0 Å². The number of hydrogen-bond donors (Lipinski definition) is 3. The van der Waals surface area contributed by atoms with Gasteiger partial charge in [-0.3, -0.25) is 4.52 Å². The second kappa shape index (κ2) is 8.45. The minimum atomic E-state index is -3.93. The van der Waals surface area contributed by atoms with Crippen molar-refractivity contribution in [1.29, 1.82) is 0 Å². The van der Waals surface area contributed by atoms with Gasteiger partial charge in [-0.15, -0.1) is 0 Å². The quantitative estimate of drug-likeness (QED) is 0.336. The summed E-state index contributed by atoms with van der Waals surface area (Å²) in [4.78, 5) is 10.1. The van der Waals surface area contributed by atoms with Crippen LogP contribution in [0.5, 0.6) is 0 Å². The van der Waals surface area contributed by atoms with E-state index in [1.165, 1.54) is 0 Å². The second-order valence-corrected chi connectivity index (χ2v) is 7.90. The Kier molecular flexibility index (Phi) is 7.13. The molecule has 1 unspecified atom stereocenters. The minimum Gasteiger partial charge on any atom is -0.382 e. The highest BCUT2D eigenvalue weighted by molar-refractivity contribution is 7.50. The van der Waals surface area contributed by atoms with Crippen molar-refractivity contribution in [3.05, 3.63) is 0 Å². The van der Waals surface area contributed by atoms with Crippen molar-refractivity contribution in [3.8, 4) is 0 Å². The summed E-state index contributed by atoms with van der Waals surface area (Å²) >= 11 is 0. The monoisotopic (exact) mass is 348 g/mol. The van der Waals surface area contributed by atoms with Crippen molar-refractivity contribution in [3.63, 3.8) is 0 Å². The van der Waals surface area contributed by atoms with Gasteiger partial charge in [-0.25, -0.2) is 9.65 Å². The maximum atomic E-state index is 12.3. The Bertz CT molecular complexity index is 434. The lowest BCUT2D eigenvalue weighted by molar-refractivity contribution is 0.0160. The Hall–Kier alpha value is 0.0799. The number of ether oxygens (including phenoxy) is 3. The molecule has 8 nitrogen and oxygen atoms in total. The molecule has 0 aromatic carbocycles. The normalized spacial score (nSPS) is 40.3. The van der Waals surface area contributed by atoms with Crippen LogP contribution in [0, 0.1) is 0 Å². The van der Waals surface area contributed by atoms with Gasteiger partial charge in [0.25, 0.3) is 0 Å². The first-order chi connectivity index (χ1) is 10.8. The smallest absolute Gasteiger partial charge is 0.382 e. The maximum absolute atomic E-state index is 12.3. The molecular weight excluding hydrogens is 321 g/mol. The Balaban J connectivity index is 1.85. The van der Waals surface area contributed by atoms with Gasteiger partial charge in [0, 0.05) is 31.2 Å². The number of hydrogen-bond acceptors (Lipinski definition) is 6. The zero-order valence-electron chi connectivity index (χ0n) is 14.2.